The van der Waals surface area contributed by atoms with Gasteiger partial charge in [0.1, 0.15) is 11.6 Å². The van der Waals surface area contributed by atoms with E-state index in [1.807, 2.05) is 4.90 Å². The standard InChI is InChI=1S/C17H19F2N5O/c1-10-6-14(10)17(25)23-5-3-2-4-15(23)16-20-22-24(21-16)13-8-11(18)7-12(19)9-13/h7-10,14-15H,2-6H2,1H3. The average molecular weight is 347 g/mol. The van der Waals surface area contributed by atoms with Crippen LogP contribution in [0, 0.1) is 23.5 Å². The van der Waals surface area contributed by atoms with Crippen molar-refractivity contribution in [1.82, 2.24) is 25.1 Å². The van der Waals surface area contributed by atoms with Gasteiger partial charge >= 0.3 is 0 Å². The molecule has 4 rings (SSSR count). The van der Waals surface area contributed by atoms with Crippen LogP contribution in [0.4, 0.5) is 8.78 Å². The van der Waals surface area contributed by atoms with Crippen LogP contribution in [0.1, 0.15) is 44.5 Å². The molecule has 6 nitrogen and oxygen atoms in total. The zero-order valence-electron chi connectivity index (χ0n) is 13.9. The van der Waals surface area contributed by atoms with E-state index >= 15 is 0 Å². The van der Waals surface area contributed by atoms with Crippen molar-refractivity contribution in [2.24, 2.45) is 11.8 Å². The number of likely N-dealkylation sites (tertiary alicyclic amines) is 1. The van der Waals surface area contributed by atoms with Gasteiger partial charge in [0.2, 0.25) is 5.91 Å². The highest BCUT2D eigenvalue weighted by Crippen LogP contribution is 2.42. The van der Waals surface area contributed by atoms with E-state index in [0.29, 0.717) is 18.3 Å². The van der Waals surface area contributed by atoms with Crippen LogP contribution in [0.3, 0.4) is 0 Å². The van der Waals surface area contributed by atoms with Crippen LogP contribution >= 0.6 is 0 Å². The molecule has 3 unspecified atom stereocenters. The highest BCUT2D eigenvalue weighted by atomic mass is 19.1. The number of amides is 1. The van der Waals surface area contributed by atoms with Gasteiger partial charge in [0.25, 0.3) is 0 Å². The second-order valence-electron chi connectivity index (χ2n) is 6.93. The Bertz CT molecular complexity index is 788. The van der Waals surface area contributed by atoms with Gasteiger partial charge in [0.05, 0.1) is 11.7 Å². The minimum atomic E-state index is -0.703. The van der Waals surface area contributed by atoms with Crippen LogP contribution in [-0.2, 0) is 4.79 Å². The van der Waals surface area contributed by atoms with E-state index in [0.717, 1.165) is 48.7 Å². The van der Waals surface area contributed by atoms with Gasteiger partial charge in [-0.05, 0) is 36.8 Å². The fourth-order valence-electron chi connectivity index (χ4n) is 3.47. The molecule has 1 aromatic carbocycles. The van der Waals surface area contributed by atoms with Gasteiger partial charge in [0.15, 0.2) is 5.82 Å². The normalized spacial score (nSPS) is 25.9. The predicted molar refractivity (Wildman–Crippen MR) is 84.6 cm³/mol. The molecule has 1 aliphatic heterocycles. The molecule has 2 fully saturated rings. The van der Waals surface area contributed by atoms with Crippen molar-refractivity contribution in [1.29, 1.82) is 0 Å². The Morgan fingerprint density at radius 3 is 2.60 bits per heavy atom. The average Bonchev–Trinajstić information content (AvgIpc) is 3.12. The van der Waals surface area contributed by atoms with Crippen molar-refractivity contribution in [2.75, 3.05) is 6.54 Å². The molecule has 0 spiro atoms. The second-order valence-corrected chi connectivity index (χ2v) is 6.93. The van der Waals surface area contributed by atoms with Crippen molar-refractivity contribution < 1.29 is 13.6 Å². The number of hydrogen-bond acceptors (Lipinski definition) is 4. The zero-order chi connectivity index (χ0) is 17.6. The first-order valence-corrected chi connectivity index (χ1v) is 8.60. The SMILES string of the molecule is CC1CC1C(=O)N1CCCCC1c1nnn(-c2cc(F)cc(F)c2)n1. The van der Waals surface area contributed by atoms with Gasteiger partial charge in [-0.2, -0.15) is 0 Å². The van der Waals surface area contributed by atoms with E-state index in [4.69, 9.17) is 0 Å². The Morgan fingerprint density at radius 1 is 1.20 bits per heavy atom. The number of nitrogens with zero attached hydrogens (tertiary/aromatic N) is 5. The largest absolute Gasteiger partial charge is 0.332 e. The van der Waals surface area contributed by atoms with Gasteiger partial charge in [-0.1, -0.05) is 6.92 Å². The molecule has 2 heterocycles. The maximum atomic E-state index is 13.4. The smallest absolute Gasteiger partial charge is 0.226 e. The molecule has 132 valence electrons. The van der Waals surface area contributed by atoms with E-state index in [-0.39, 0.29) is 23.6 Å². The fourth-order valence-corrected chi connectivity index (χ4v) is 3.47. The minimum Gasteiger partial charge on any atom is -0.332 e. The van der Waals surface area contributed by atoms with E-state index in [9.17, 15) is 13.6 Å². The second kappa shape index (κ2) is 6.16. The van der Waals surface area contributed by atoms with Crippen LogP contribution in [-0.4, -0.2) is 37.6 Å². The summed E-state index contributed by atoms with van der Waals surface area (Å²) in [7, 11) is 0. The highest BCUT2D eigenvalue weighted by Gasteiger charge is 2.44. The molecule has 1 aromatic heterocycles. The van der Waals surface area contributed by atoms with Crippen molar-refractivity contribution in [3.05, 3.63) is 35.7 Å². The number of hydrogen-bond donors (Lipinski definition) is 0. The van der Waals surface area contributed by atoms with Crippen molar-refractivity contribution in [3.8, 4) is 5.69 Å². The Balaban J connectivity index is 1.60. The summed E-state index contributed by atoms with van der Waals surface area (Å²) in [5.74, 6) is -0.282. The monoisotopic (exact) mass is 347 g/mol. The van der Waals surface area contributed by atoms with E-state index in [1.54, 1.807) is 0 Å². The fraction of sp³-hybridized carbons (Fsp3) is 0.529. The number of tetrazole rings is 1. The number of rotatable bonds is 3. The molecule has 1 saturated carbocycles. The summed E-state index contributed by atoms with van der Waals surface area (Å²) < 4.78 is 26.8. The first-order valence-electron chi connectivity index (χ1n) is 8.60. The van der Waals surface area contributed by atoms with Crippen molar-refractivity contribution >= 4 is 5.91 Å². The lowest BCUT2D eigenvalue weighted by Crippen LogP contribution is -2.40. The van der Waals surface area contributed by atoms with Crippen LogP contribution in [0.2, 0.25) is 0 Å². The lowest BCUT2D eigenvalue weighted by Gasteiger charge is -2.34. The van der Waals surface area contributed by atoms with Crippen LogP contribution in [0.5, 0.6) is 0 Å². The molecular weight excluding hydrogens is 328 g/mol. The van der Waals surface area contributed by atoms with Crippen molar-refractivity contribution in [3.63, 3.8) is 0 Å². The van der Waals surface area contributed by atoms with E-state index in [2.05, 4.69) is 22.3 Å². The Labute approximate surface area is 143 Å². The summed E-state index contributed by atoms with van der Waals surface area (Å²) >= 11 is 0. The topological polar surface area (TPSA) is 63.9 Å². The highest BCUT2D eigenvalue weighted by molar-refractivity contribution is 5.82. The van der Waals surface area contributed by atoms with Gasteiger partial charge < -0.3 is 4.90 Å². The molecule has 0 radical (unpaired) electrons. The van der Waals surface area contributed by atoms with Gasteiger partial charge in [0, 0.05) is 30.7 Å². The summed E-state index contributed by atoms with van der Waals surface area (Å²) in [4.78, 5) is 15.6. The summed E-state index contributed by atoms with van der Waals surface area (Å²) in [6.45, 7) is 2.77. The number of piperidine rings is 1. The molecule has 1 amide bonds. The molecule has 8 heteroatoms. The first-order chi connectivity index (χ1) is 12.0. The van der Waals surface area contributed by atoms with Crippen LogP contribution in [0.15, 0.2) is 18.2 Å². The molecule has 1 aliphatic carbocycles. The van der Waals surface area contributed by atoms with Gasteiger partial charge in [-0.25, -0.2) is 8.78 Å². The Hall–Kier alpha value is -2.38. The summed E-state index contributed by atoms with van der Waals surface area (Å²) in [6.07, 6.45) is 3.66. The van der Waals surface area contributed by atoms with E-state index < -0.39 is 11.6 Å². The zero-order valence-corrected chi connectivity index (χ0v) is 13.9. The predicted octanol–water partition coefficient (Wildman–Crippen LogP) is 2.65. The van der Waals surface area contributed by atoms with E-state index in [1.165, 1.54) is 0 Å². The number of benzene rings is 1. The lowest BCUT2D eigenvalue weighted by atomic mass is 10.0. The van der Waals surface area contributed by atoms with Crippen molar-refractivity contribution in [2.45, 2.75) is 38.6 Å². The molecular formula is C17H19F2N5O. The number of aromatic nitrogens is 4. The third kappa shape index (κ3) is 3.12. The third-order valence-corrected chi connectivity index (χ3v) is 5.02. The Morgan fingerprint density at radius 2 is 1.92 bits per heavy atom. The molecule has 2 aromatic rings. The third-order valence-electron chi connectivity index (χ3n) is 5.02. The first kappa shape index (κ1) is 16.1. The molecule has 3 atom stereocenters. The molecule has 0 bridgehead atoms. The number of carbonyl (C=O) groups excluding carboxylic acids is 1. The van der Waals surface area contributed by atoms with Gasteiger partial charge in [-0.15, -0.1) is 15.0 Å². The quantitative estimate of drug-likeness (QED) is 0.856. The Kier molecular flexibility index (Phi) is 3.97. The maximum absolute atomic E-state index is 13.4. The van der Waals surface area contributed by atoms with Gasteiger partial charge in [-0.3, -0.25) is 4.79 Å². The summed E-state index contributed by atoms with van der Waals surface area (Å²) in [5, 5.41) is 12.3. The summed E-state index contributed by atoms with van der Waals surface area (Å²) in [6, 6.07) is 2.86. The minimum absolute atomic E-state index is 0.105. The maximum Gasteiger partial charge on any atom is 0.226 e. The van der Waals surface area contributed by atoms with Crippen LogP contribution in [0.25, 0.3) is 5.69 Å². The number of halogens is 2. The lowest BCUT2D eigenvalue weighted by molar-refractivity contribution is -0.137. The molecule has 2 aliphatic rings. The van der Waals surface area contributed by atoms with Crippen LogP contribution < -0.4 is 0 Å². The molecule has 1 saturated heterocycles. The molecule has 0 N–H and O–H groups in total. The summed E-state index contributed by atoms with van der Waals surface area (Å²) in [5.41, 5.74) is 0.167. The number of carbonyl (C=O) groups is 1. The molecule has 25 heavy (non-hydrogen) atoms.